The molecule has 0 spiro atoms. The van der Waals surface area contributed by atoms with Crippen molar-refractivity contribution in [1.29, 1.82) is 0 Å². The predicted octanol–water partition coefficient (Wildman–Crippen LogP) is 9.26. The third kappa shape index (κ3) is 2.51. The van der Waals surface area contributed by atoms with Gasteiger partial charge in [-0.15, -0.1) is 0 Å². The van der Waals surface area contributed by atoms with Crippen molar-refractivity contribution in [2.75, 3.05) is 0 Å². The van der Waals surface area contributed by atoms with Crippen LogP contribution in [0.25, 0.3) is 65.8 Å². The monoisotopic (exact) mass is 437 g/mol. The Morgan fingerprint density at radius 3 is 2.35 bits per heavy atom. The highest BCUT2D eigenvalue weighted by Gasteiger charge is 2.19. The number of allylic oxidation sites excluding steroid dienone is 1. The van der Waals surface area contributed by atoms with Crippen LogP contribution in [-0.2, 0) is 0 Å². The van der Waals surface area contributed by atoms with E-state index in [1.54, 1.807) is 0 Å². The van der Waals surface area contributed by atoms with Gasteiger partial charge in [0.2, 0.25) is 0 Å². The fraction of sp³-hybridized carbons (Fsp3) is 0.0625. The van der Waals surface area contributed by atoms with Gasteiger partial charge < -0.3 is 8.98 Å². The third-order valence-electron chi connectivity index (χ3n) is 7.11. The molecule has 2 heteroatoms. The highest BCUT2D eigenvalue weighted by molar-refractivity contribution is 6.22. The summed E-state index contributed by atoms with van der Waals surface area (Å²) in [5, 5.41) is 7.36. The summed E-state index contributed by atoms with van der Waals surface area (Å²) in [6.07, 6.45) is 0.892. The number of aromatic nitrogens is 1. The lowest BCUT2D eigenvalue weighted by molar-refractivity contribution is 0.667. The van der Waals surface area contributed by atoms with Crippen molar-refractivity contribution in [3.8, 4) is 5.69 Å². The van der Waals surface area contributed by atoms with Crippen LogP contribution in [0, 0.1) is 0 Å². The fourth-order valence-corrected chi connectivity index (χ4v) is 5.48. The minimum atomic E-state index is 0.892. The van der Waals surface area contributed by atoms with Crippen molar-refractivity contribution in [2.45, 2.75) is 13.3 Å². The van der Waals surface area contributed by atoms with Gasteiger partial charge in [0.25, 0.3) is 0 Å². The molecule has 0 atom stereocenters. The van der Waals surface area contributed by atoms with Crippen molar-refractivity contribution in [2.24, 2.45) is 0 Å². The normalized spacial score (nSPS) is 11.9. The first kappa shape index (κ1) is 19.2. The van der Waals surface area contributed by atoms with Crippen LogP contribution in [0.4, 0.5) is 0 Å². The first-order chi connectivity index (χ1) is 16.8. The topological polar surface area (TPSA) is 18.1 Å². The Labute approximate surface area is 197 Å². The summed E-state index contributed by atoms with van der Waals surface area (Å²) in [4.78, 5) is 0. The molecule has 162 valence electrons. The molecular weight excluding hydrogens is 414 g/mol. The molecule has 0 radical (unpaired) electrons. The number of hydrogen-bond donors (Lipinski definition) is 0. The molecular formula is C32H23NO. The van der Waals surface area contributed by atoms with Gasteiger partial charge >= 0.3 is 0 Å². The minimum Gasteiger partial charge on any atom is -0.455 e. The number of rotatable bonds is 3. The van der Waals surface area contributed by atoms with Gasteiger partial charge in [-0.3, -0.25) is 0 Å². The molecule has 7 rings (SSSR count). The summed E-state index contributed by atoms with van der Waals surface area (Å²) in [5.41, 5.74) is 7.54. The molecule has 0 aliphatic carbocycles. The molecule has 0 aliphatic heterocycles. The van der Waals surface area contributed by atoms with Crippen molar-refractivity contribution >= 4 is 60.1 Å². The molecule has 0 bridgehead atoms. The molecule has 0 saturated heterocycles. The second kappa shape index (κ2) is 7.10. The third-order valence-corrected chi connectivity index (χ3v) is 7.11. The lowest BCUT2D eigenvalue weighted by Gasteiger charge is -2.10. The van der Waals surface area contributed by atoms with Gasteiger partial charge in [-0.25, -0.2) is 0 Å². The van der Waals surface area contributed by atoms with E-state index in [1.807, 2.05) is 0 Å². The van der Waals surface area contributed by atoms with Gasteiger partial charge in [0.05, 0.1) is 22.1 Å². The van der Waals surface area contributed by atoms with Crippen molar-refractivity contribution in [3.05, 3.63) is 109 Å². The van der Waals surface area contributed by atoms with E-state index < -0.39 is 0 Å². The SMILES string of the molecule is C=C(CC)c1cccc2c1oc1cccc(-n3c4ccccc4c4c5ccccc5ccc43)c12. The van der Waals surface area contributed by atoms with Crippen LogP contribution in [0.1, 0.15) is 18.9 Å². The quantitative estimate of drug-likeness (QED) is 0.269. The van der Waals surface area contributed by atoms with Crippen LogP contribution in [-0.4, -0.2) is 4.57 Å². The summed E-state index contributed by atoms with van der Waals surface area (Å²) in [6.45, 7) is 6.42. The Morgan fingerprint density at radius 2 is 1.47 bits per heavy atom. The van der Waals surface area contributed by atoms with Gasteiger partial charge in [-0.1, -0.05) is 86.3 Å². The van der Waals surface area contributed by atoms with Gasteiger partial charge in [-0.05, 0) is 47.0 Å². The second-order valence-corrected chi connectivity index (χ2v) is 8.93. The van der Waals surface area contributed by atoms with E-state index in [-0.39, 0.29) is 0 Å². The summed E-state index contributed by atoms with van der Waals surface area (Å²) in [5.74, 6) is 0. The summed E-state index contributed by atoms with van der Waals surface area (Å²) >= 11 is 0. The van der Waals surface area contributed by atoms with Crippen molar-refractivity contribution in [3.63, 3.8) is 0 Å². The Morgan fingerprint density at radius 1 is 0.706 bits per heavy atom. The number of nitrogens with zero attached hydrogens (tertiary/aromatic N) is 1. The van der Waals surface area contributed by atoms with E-state index >= 15 is 0 Å². The van der Waals surface area contributed by atoms with E-state index in [9.17, 15) is 0 Å². The van der Waals surface area contributed by atoms with E-state index in [1.165, 1.54) is 32.6 Å². The van der Waals surface area contributed by atoms with Crippen molar-refractivity contribution in [1.82, 2.24) is 4.57 Å². The number of hydrogen-bond acceptors (Lipinski definition) is 1. The number of benzene rings is 5. The lowest BCUT2D eigenvalue weighted by Crippen LogP contribution is -1.94. The Hall–Kier alpha value is -4.30. The Bertz CT molecular complexity index is 1910. The van der Waals surface area contributed by atoms with Crippen LogP contribution in [0.2, 0.25) is 0 Å². The molecule has 34 heavy (non-hydrogen) atoms. The summed E-state index contributed by atoms with van der Waals surface area (Å²) < 4.78 is 8.86. The van der Waals surface area contributed by atoms with Gasteiger partial charge in [0.1, 0.15) is 11.2 Å². The Kier molecular flexibility index (Phi) is 4.01. The summed E-state index contributed by atoms with van der Waals surface area (Å²) in [7, 11) is 0. The molecule has 0 amide bonds. The average Bonchev–Trinajstić information content (AvgIpc) is 3.44. The molecule has 0 aliphatic rings. The molecule has 0 saturated carbocycles. The molecule has 0 N–H and O–H groups in total. The molecule has 7 aromatic rings. The standard InChI is InChI=1S/C32H23NO/c1-3-20(2)22-13-8-14-25-31-27(16-9-17-29(31)34-32(22)25)33-26-15-7-6-12-24(26)30-23-11-5-4-10-21(23)18-19-28(30)33/h4-19H,2-3H2,1H3. The van der Waals surface area contributed by atoms with Crippen LogP contribution in [0.3, 0.4) is 0 Å². The van der Waals surface area contributed by atoms with E-state index in [2.05, 4.69) is 115 Å². The average molecular weight is 438 g/mol. The van der Waals surface area contributed by atoms with Crippen LogP contribution in [0.5, 0.6) is 0 Å². The highest BCUT2D eigenvalue weighted by Crippen LogP contribution is 2.41. The van der Waals surface area contributed by atoms with Crippen LogP contribution < -0.4 is 0 Å². The molecule has 0 fully saturated rings. The Balaban J connectivity index is 1.67. The zero-order chi connectivity index (χ0) is 22.8. The zero-order valence-corrected chi connectivity index (χ0v) is 19.0. The molecule has 5 aromatic carbocycles. The van der Waals surface area contributed by atoms with Gasteiger partial charge in [0, 0.05) is 21.7 Å². The largest absolute Gasteiger partial charge is 0.455 e. The first-order valence-electron chi connectivity index (χ1n) is 11.8. The maximum Gasteiger partial charge on any atom is 0.142 e. The maximum atomic E-state index is 6.47. The second-order valence-electron chi connectivity index (χ2n) is 8.93. The van der Waals surface area contributed by atoms with Crippen LogP contribution >= 0.6 is 0 Å². The number of para-hydroxylation sites is 2. The summed E-state index contributed by atoms with van der Waals surface area (Å²) in [6, 6.07) is 34.6. The molecule has 2 nitrogen and oxygen atoms in total. The van der Waals surface area contributed by atoms with Gasteiger partial charge in [-0.2, -0.15) is 0 Å². The van der Waals surface area contributed by atoms with E-state index in [0.29, 0.717) is 0 Å². The van der Waals surface area contributed by atoms with Crippen LogP contribution in [0.15, 0.2) is 108 Å². The zero-order valence-electron chi connectivity index (χ0n) is 19.0. The molecule has 2 aromatic heterocycles. The van der Waals surface area contributed by atoms with Gasteiger partial charge in [0.15, 0.2) is 0 Å². The smallest absolute Gasteiger partial charge is 0.142 e. The van der Waals surface area contributed by atoms with Crippen molar-refractivity contribution < 1.29 is 4.42 Å². The minimum absolute atomic E-state index is 0.892. The maximum absolute atomic E-state index is 6.47. The first-order valence-corrected chi connectivity index (χ1v) is 11.8. The fourth-order valence-electron chi connectivity index (χ4n) is 5.48. The molecule has 2 heterocycles. The lowest BCUT2D eigenvalue weighted by atomic mass is 10.0. The van der Waals surface area contributed by atoms with E-state index in [4.69, 9.17) is 4.42 Å². The molecule has 0 unspecified atom stereocenters. The number of fused-ring (bicyclic) bond motifs is 8. The highest BCUT2D eigenvalue weighted by atomic mass is 16.3. The van der Waals surface area contributed by atoms with E-state index in [0.717, 1.165) is 45.2 Å². The number of furan rings is 1. The predicted molar refractivity (Wildman–Crippen MR) is 145 cm³/mol.